The van der Waals surface area contributed by atoms with Crippen molar-refractivity contribution >= 4 is 53.3 Å². The zero-order valence-electron chi connectivity index (χ0n) is 13.1. The quantitative estimate of drug-likeness (QED) is 0.604. The van der Waals surface area contributed by atoms with Crippen molar-refractivity contribution in [2.24, 2.45) is 0 Å². The molecule has 0 spiro atoms. The Hall–Kier alpha value is -1.96. The van der Waals surface area contributed by atoms with E-state index in [0.717, 1.165) is 25.9 Å². The Morgan fingerprint density at radius 2 is 1.80 bits per heavy atom. The molecule has 4 nitrogen and oxygen atoms in total. The van der Waals surface area contributed by atoms with Gasteiger partial charge >= 0.3 is 0 Å². The summed E-state index contributed by atoms with van der Waals surface area (Å²) >= 11 is 4.28. The maximum atomic E-state index is 12.6. The normalized spacial score (nSPS) is 11.9. The van der Waals surface area contributed by atoms with E-state index in [1.807, 2.05) is 6.07 Å². The molecule has 0 amide bonds. The second-order valence-electron chi connectivity index (χ2n) is 5.20. The lowest BCUT2D eigenvalue weighted by molar-refractivity contribution is 0.415. The molecule has 0 atom stereocenters. The lowest BCUT2D eigenvalue weighted by Gasteiger charge is -2.02. The van der Waals surface area contributed by atoms with Gasteiger partial charge in [0.05, 0.1) is 7.11 Å². The van der Waals surface area contributed by atoms with Crippen LogP contribution in [0, 0.1) is 0 Å². The molecule has 0 radical (unpaired) electrons. The Morgan fingerprint density at radius 3 is 2.48 bits per heavy atom. The maximum Gasteiger partial charge on any atom is 0.251 e. The number of hydrogen-bond donors (Lipinski definition) is 0. The zero-order valence-corrected chi connectivity index (χ0v) is 16.3. The van der Waals surface area contributed by atoms with E-state index in [9.17, 15) is 13.2 Å². The molecule has 3 aromatic rings. The second kappa shape index (κ2) is 7.11. The Morgan fingerprint density at radius 1 is 1.08 bits per heavy atom. The van der Waals surface area contributed by atoms with Gasteiger partial charge in [-0.05, 0) is 53.4 Å². The average molecular weight is 437 g/mol. The van der Waals surface area contributed by atoms with E-state index in [2.05, 4.69) is 15.9 Å². The molecule has 7 heteroatoms. The fourth-order valence-corrected chi connectivity index (χ4v) is 4.82. The monoisotopic (exact) mass is 436 g/mol. The summed E-state index contributed by atoms with van der Waals surface area (Å²) in [4.78, 5) is 12.0. The van der Waals surface area contributed by atoms with Crippen molar-refractivity contribution in [3.63, 3.8) is 0 Å². The van der Waals surface area contributed by atoms with Crippen LogP contribution in [0.5, 0.6) is 5.75 Å². The van der Waals surface area contributed by atoms with E-state index < -0.39 is 14.6 Å². The van der Waals surface area contributed by atoms with Crippen LogP contribution in [0.25, 0.3) is 16.2 Å². The van der Waals surface area contributed by atoms with E-state index >= 15 is 0 Å². The summed E-state index contributed by atoms with van der Waals surface area (Å²) < 4.78 is 31.3. The molecule has 0 aliphatic rings. The molecule has 1 aromatic heterocycles. The zero-order chi connectivity index (χ0) is 18.0. The molecule has 0 N–H and O–H groups in total. The van der Waals surface area contributed by atoms with Crippen molar-refractivity contribution in [3.8, 4) is 5.75 Å². The van der Waals surface area contributed by atoms with Crippen molar-refractivity contribution < 1.29 is 13.2 Å². The lowest BCUT2D eigenvalue weighted by Crippen LogP contribution is -2.09. The molecule has 3 rings (SSSR count). The van der Waals surface area contributed by atoms with Crippen molar-refractivity contribution in [2.75, 3.05) is 7.11 Å². The van der Waals surface area contributed by atoms with E-state index in [4.69, 9.17) is 4.74 Å². The van der Waals surface area contributed by atoms with Gasteiger partial charge < -0.3 is 4.74 Å². The molecular formula is C18H13BrO4S2. The van der Waals surface area contributed by atoms with E-state index in [0.29, 0.717) is 16.7 Å². The lowest BCUT2D eigenvalue weighted by atomic mass is 10.2. The molecular weight excluding hydrogens is 424 g/mol. The molecule has 0 saturated carbocycles. The first-order chi connectivity index (χ1) is 11.9. The summed E-state index contributed by atoms with van der Waals surface area (Å²) in [6.45, 7) is 0. The number of benzene rings is 2. The number of methoxy groups -OCH3 is 1. The first kappa shape index (κ1) is 17.8. The summed E-state index contributed by atoms with van der Waals surface area (Å²) in [5.41, 5.74) is 0.698. The third kappa shape index (κ3) is 4.00. The smallest absolute Gasteiger partial charge is 0.251 e. The summed E-state index contributed by atoms with van der Waals surface area (Å²) in [5, 5.41) is 1.76. The summed E-state index contributed by atoms with van der Waals surface area (Å²) in [6, 6.07) is 13.8. The van der Waals surface area contributed by atoms with Crippen molar-refractivity contribution in [1.82, 2.24) is 0 Å². The van der Waals surface area contributed by atoms with Gasteiger partial charge in [0.2, 0.25) is 9.84 Å². The van der Waals surface area contributed by atoms with Crippen LogP contribution in [0.15, 0.2) is 68.1 Å². The third-order valence-corrected chi connectivity index (χ3v) is 6.55. The predicted molar refractivity (Wildman–Crippen MR) is 105 cm³/mol. The van der Waals surface area contributed by atoms with Gasteiger partial charge in [0.25, 0.3) is 4.74 Å². The molecule has 25 heavy (non-hydrogen) atoms. The molecule has 1 heterocycles. The molecule has 0 unspecified atom stereocenters. The summed E-state index contributed by atoms with van der Waals surface area (Å²) in [7, 11) is -2.28. The van der Waals surface area contributed by atoms with Gasteiger partial charge in [-0.2, -0.15) is 0 Å². The van der Waals surface area contributed by atoms with Crippen molar-refractivity contribution in [3.05, 3.63) is 73.5 Å². The SMILES string of the molecule is COc1ccc(/C=C/S(=O)(=O)c2cc3cc(Br)ccc3sc2=O)cc1. The number of rotatable bonds is 4. The van der Waals surface area contributed by atoms with Crippen LogP contribution in [-0.2, 0) is 9.84 Å². The first-order valence-electron chi connectivity index (χ1n) is 7.20. The molecule has 0 aliphatic carbocycles. The van der Waals surface area contributed by atoms with Crippen molar-refractivity contribution in [2.45, 2.75) is 4.90 Å². The largest absolute Gasteiger partial charge is 0.497 e. The van der Waals surface area contributed by atoms with Gasteiger partial charge in [-0.15, -0.1) is 0 Å². The van der Waals surface area contributed by atoms with Gasteiger partial charge in [0, 0.05) is 14.6 Å². The minimum Gasteiger partial charge on any atom is -0.497 e. The fourth-order valence-electron chi connectivity index (χ4n) is 2.23. The topological polar surface area (TPSA) is 60.4 Å². The second-order valence-corrected chi connectivity index (χ2v) is 8.93. The molecule has 0 saturated heterocycles. The van der Waals surface area contributed by atoms with Crippen LogP contribution >= 0.6 is 27.3 Å². The summed E-state index contributed by atoms with van der Waals surface area (Å²) in [6.07, 6.45) is 1.46. The average Bonchev–Trinajstić information content (AvgIpc) is 2.60. The third-order valence-electron chi connectivity index (χ3n) is 3.52. The molecule has 0 fully saturated rings. The minimum atomic E-state index is -3.84. The van der Waals surface area contributed by atoms with Crippen LogP contribution in [0.2, 0.25) is 0 Å². The van der Waals surface area contributed by atoms with Crippen LogP contribution < -0.4 is 9.48 Å². The minimum absolute atomic E-state index is 0.215. The number of halogens is 1. The van der Waals surface area contributed by atoms with Gasteiger partial charge in [-0.1, -0.05) is 39.4 Å². The Kier molecular flexibility index (Phi) is 5.08. The Labute approximate surface area is 157 Å². The van der Waals surface area contributed by atoms with Crippen LogP contribution in [0.1, 0.15) is 5.56 Å². The van der Waals surface area contributed by atoms with E-state index in [1.54, 1.807) is 43.5 Å². The summed E-state index contributed by atoms with van der Waals surface area (Å²) in [5.74, 6) is 0.684. The van der Waals surface area contributed by atoms with Crippen LogP contribution in [0.4, 0.5) is 0 Å². The standard InChI is InChI=1S/C18H13BrO4S2/c1-23-15-5-2-12(3-6-15)8-9-25(21,22)17-11-13-10-14(19)4-7-16(13)24-18(17)20/h2-11H,1H3/b9-8+. The number of hydrogen-bond acceptors (Lipinski definition) is 5. The highest BCUT2D eigenvalue weighted by Crippen LogP contribution is 2.24. The Bertz CT molecular complexity index is 1110. The number of sulfone groups is 1. The fraction of sp³-hybridized carbons (Fsp3) is 0.0556. The van der Waals surface area contributed by atoms with Gasteiger partial charge in [-0.3, -0.25) is 4.79 Å². The maximum absolute atomic E-state index is 12.6. The van der Waals surface area contributed by atoms with E-state index in [-0.39, 0.29) is 4.90 Å². The van der Waals surface area contributed by atoms with Gasteiger partial charge in [0.15, 0.2) is 0 Å². The molecule has 2 aromatic carbocycles. The van der Waals surface area contributed by atoms with Gasteiger partial charge in [-0.25, -0.2) is 8.42 Å². The highest BCUT2D eigenvalue weighted by atomic mass is 79.9. The van der Waals surface area contributed by atoms with Gasteiger partial charge in [0.1, 0.15) is 10.6 Å². The highest BCUT2D eigenvalue weighted by Gasteiger charge is 2.16. The first-order valence-corrected chi connectivity index (χ1v) is 10.4. The van der Waals surface area contributed by atoms with Crippen molar-refractivity contribution in [1.29, 1.82) is 0 Å². The highest BCUT2D eigenvalue weighted by molar-refractivity contribution is 9.10. The predicted octanol–water partition coefficient (Wildman–Crippen LogP) is 4.48. The molecule has 0 aliphatic heterocycles. The number of fused-ring (bicyclic) bond motifs is 1. The van der Waals surface area contributed by atoms with E-state index in [1.165, 1.54) is 12.1 Å². The molecule has 0 bridgehead atoms. The number of ether oxygens (including phenoxy) is 1. The molecule has 128 valence electrons. The van der Waals surface area contributed by atoms with Crippen LogP contribution in [-0.4, -0.2) is 15.5 Å². The van der Waals surface area contributed by atoms with Crippen LogP contribution in [0.3, 0.4) is 0 Å². The Balaban J connectivity index is 2.01.